The van der Waals surface area contributed by atoms with Crippen LogP contribution in [0.25, 0.3) is 0 Å². The molecule has 2 heterocycles. The number of rotatable bonds is 6. The van der Waals surface area contributed by atoms with Crippen LogP contribution in [0.1, 0.15) is 53.9 Å². The highest BCUT2D eigenvalue weighted by Gasteiger charge is 2.54. The molecule has 0 aromatic heterocycles. The van der Waals surface area contributed by atoms with Gasteiger partial charge in [-0.2, -0.15) is 0 Å². The molecule has 2 aliphatic heterocycles. The smallest absolute Gasteiger partial charge is 0.412 e. The molecule has 4 rings (SSSR count). The second-order valence-electron chi connectivity index (χ2n) is 11.2. The molecule has 2 aromatic carbocycles. The normalized spacial score (nSPS) is 23.9. The maximum Gasteiger partial charge on any atom is 0.412 e. The molecular weight excluding hydrogens is 524 g/mol. The molecule has 2 aliphatic rings. The number of carbonyl (C=O) groups excluding carboxylic acids is 2. The summed E-state index contributed by atoms with van der Waals surface area (Å²) in [5, 5.41) is 0. The van der Waals surface area contributed by atoms with Gasteiger partial charge in [0, 0.05) is 11.4 Å². The Bertz CT molecular complexity index is 1260. The summed E-state index contributed by atoms with van der Waals surface area (Å²) in [6, 6.07) is 17.0. The van der Waals surface area contributed by atoms with Crippen molar-refractivity contribution < 1.29 is 27.5 Å². The molecule has 8 nitrogen and oxygen atoms in total. The molecule has 10 heteroatoms. The lowest BCUT2D eigenvalue weighted by Crippen LogP contribution is -2.57. The van der Waals surface area contributed by atoms with Gasteiger partial charge in [-0.15, -0.1) is 11.8 Å². The van der Waals surface area contributed by atoms with E-state index in [2.05, 4.69) is 0 Å². The topological polar surface area (TPSA) is 93.2 Å². The Labute approximate surface area is 229 Å². The molecule has 2 amide bonds. The monoisotopic (exact) mass is 560 g/mol. The van der Waals surface area contributed by atoms with Gasteiger partial charge in [-0.25, -0.2) is 17.5 Å². The molecule has 0 N–H and O–H groups in total. The van der Waals surface area contributed by atoms with Crippen LogP contribution in [0.2, 0.25) is 0 Å². The summed E-state index contributed by atoms with van der Waals surface area (Å²) in [6.07, 6.45) is 0.656. The molecule has 0 aliphatic carbocycles. The van der Waals surface area contributed by atoms with Crippen LogP contribution in [0, 0.1) is 0 Å². The largest absolute Gasteiger partial charge is 0.444 e. The van der Waals surface area contributed by atoms with E-state index in [0.29, 0.717) is 12.8 Å². The Morgan fingerprint density at radius 1 is 1.08 bits per heavy atom. The minimum absolute atomic E-state index is 0.0783. The van der Waals surface area contributed by atoms with E-state index in [4.69, 9.17) is 9.47 Å². The summed E-state index contributed by atoms with van der Waals surface area (Å²) < 4.78 is 38.8. The van der Waals surface area contributed by atoms with Crippen LogP contribution >= 0.6 is 11.8 Å². The second kappa shape index (κ2) is 10.5. The summed E-state index contributed by atoms with van der Waals surface area (Å²) in [6.45, 7) is 9.30. The van der Waals surface area contributed by atoms with E-state index in [1.54, 1.807) is 57.7 Å². The number of hydrogen-bond acceptors (Lipinski definition) is 7. The first-order valence-electron chi connectivity index (χ1n) is 12.8. The number of hydrogen-bond donors (Lipinski definition) is 0. The van der Waals surface area contributed by atoms with Gasteiger partial charge in [0.1, 0.15) is 16.1 Å². The molecule has 0 spiro atoms. The maximum atomic E-state index is 14.3. The minimum atomic E-state index is -4.05. The number of carbonyl (C=O) groups is 2. The van der Waals surface area contributed by atoms with Gasteiger partial charge in [-0.1, -0.05) is 36.4 Å². The highest BCUT2D eigenvalue weighted by atomic mass is 32.2. The molecule has 2 saturated heterocycles. The number of sulfonamides is 1. The SMILES string of the molecule is CC(C)(C)OC(=O)N1[C@H](CC2(Sc3ccccc3)CCCN(S(=O)(=O)c3ccccc3)C2=O)COC1(C)C. The quantitative estimate of drug-likeness (QED) is 0.474. The van der Waals surface area contributed by atoms with Gasteiger partial charge in [-0.3, -0.25) is 9.69 Å². The first-order chi connectivity index (χ1) is 17.8. The zero-order valence-electron chi connectivity index (χ0n) is 22.5. The Hall–Kier alpha value is -2.56. The van der Waals surface area contributed by atoms with Crippen LogP contribution in [0.5, 0.6) is 0 Å². The van der Waals surface area contributed by atoms with Crippen LogP contribution in [-0.2, 0) is 24.3 Å². The summed E-state index contributed by atoms with van der Waals surface area (Å²) in [4.78, 5) is 30.1. The van der Waals surface area contributed by atoms with E-state index in [1.165, 1.54) is 23.9 Å². The Morgan fingerprint density at radius 2 is 1.68 bits per heavy atom. The van der Waals surface area contributed by atoms with Crippen LogP contribution < -0.4 is 0 Å². The molecule has 2 atom stereocenters. The Morgan fingerprint density at radius 3 is 2.29 bits per heavy atom. The summed E-state index contributed by atoms with van der Waals surface area (Å²) in [7, 11) is -4.05. The lowest BCUT2D eigenvalue weighted by atomic mass is 9.90. The Balaban J connectivity index is 1.73. The van der Waals surface area contributed by atoms with E-state index in [9.17, 15) is 18.0 Å². The van der Waals surface area contributed by atoms with Gasteiger partial charge in [0.15, 0.2) is 0 Å². The van der Waals surface area contributed by atoms with Crippen molar-refractivity contribution in [3.05, 3.63) is 60.7 Å². The van der Waals surface area contributed by atoms with Crippen LogP contribution in [0.15, 0.2) is 70.5 Å². The standard InChI is InChI=1S/C28H36N2O6S2/c1-26(2,3)36-25(32)30-21(20-35-27(30,4)5)19-28(37-22-13-8-6-9-14-22)17-12-18-29(24(28)31)38(33,34)23-15-10-7-11-16-23/h6-11,13-16,21H,12,17-20H2,1-5H3/t21-,28?/m1/s1. The van der Waals surface area contributed by atoms with E-state index in [-0.39, 0.29) is 24.5 Å². The van der Waals surface area contributed by atoms with Crippen molar-refractivity contribution in [3.63, 3.8) is 0 Å². The lowest BCUT2D eigenvalue weighted by molar-refractivity contribution is -0.131. The number of ether oxygens (including phenoxy) is 2. The summed E-state index contributed by atoms with van der Waals surface area (Å²) in [5.74, 6) is -0.477. The molecule has 38 heavy (non-hydrogen) atoms. The van der Waals surface area contributed by atoms with Gasteiger partial charge in [0.05, 0.1) is 17.5 Å². The fourth-order valence-electron chi connectivity index (χ4n) is 5.03. The molecule has 2 aromatic rings. The minimum Gasteiger partial charge on any atom is -0.444 e. The van der Waals surface area contributed by atoms with Crippen molar-refractivity contribution in [1.82, 2.24) is 9.21 Å². The molecule has 0 bridgehead atoms. The van der Waals surface area contributed by atoms with Crippen molar-refractivity contribution in [1.29, 1.82) is 0 Å². The van der Waals surface area contributed by atoms with Crippen molar-refractivity contribution >= 4 is 33.8 Å². The highest BCUT2D eigenvalue weighted by molar-refractivity contribution is 8.01. The zero-order chi connectivity index (χ0) is 27.8. The average Bonchev–Trinajstić information content (AvgIpc) is 3.14. The molecule has 0 saturated carbocycles. The van der Waals surface area contributed by atoms with E-state index in [0.717, 1.165) is 9.20 Å². The van der Waals surface area contributed by atoms with Crippen molar-refractivity contribution in [3.8, 4) is 0 Å². The predicted octanol–water partition coefficient (Wildman–Crippen LogP) is 5.29. The number of piperidine rings is 1. The number of benzene rings is 2. The fraction of sp³-hybridized carbons (Fsp3) is 0.500. The fourth-order valence-corrected chi connectivity index (χ4v) is 8.07. The van der Waals surface area contributed by atoms with Gasteiger partial charge < -0.3 is 9.47 Å². The zero-order valence-corrected chi connectivity index (χ0v) is 24.2. The number of thioether (sulfide) groups is 1. The second-order valence-corrected chi connectivity index (χ2v) is 14.5. The van der Waals surface area contributed by atoms with Crippen LogP contribution in [-0.4, -0.2) is 64.9 Å². The average molecular weight is 561 g/mol. The number of nitrogens with zero attached hydrogens (tertiary/aromatic N) is 2. The predicted molar refractivity (Wildman–Crippen MR) is 146 cm³/mol. The third-order valence-electron chi connectivity index (χ3n) is 6.68. The maximum absolute atomic E-state index is 14.3. The highest BCUT2D eigenvalue weighted by Crippen LogP contribution is 2.47. The van der Waals surface area contributed by atoms with E-state index < -0.39 is 44.1 Å². The Kier molecular flexibility index (Phi) is 7.89. The van der Waals surface area contributed by atoms with E-state index in [1.807, 2.05) is 30.3 Å². The molecule has 206 valence electrons. The first-order valence-corrected chi connectivity index (χ1v) is 15.0. The summed E-state index contributed by atoms with van der Waals surface area (Å²) >= 11 is 1.36. The van der Waals surface area contributed by atoms with Crippen molar-refractivity contribution in [2.45, 2.75) is 85.8 Å². The molecule has 0 radical (unpaired) electrons. The molecule has 1 unspecified atom stereocenters. The lowest BCUT2D eigenvalue weighted by Gasteiger charge is -2.43. The van der Waals surface area contributed by atoms with Gasteiger partial charge in [0.2, 0.25) is 0 Å². The molecular formula is C28H36N2O6S2. The van der Waals surface area contributed by atoms with Crippen LogP contribution in [0.3, 0.4) is 0 Å². The van der Waals surface area contributed by atoms with Crippen LogP contribution in [0.4, 0.5) is 4.79 Å². The van der Waals surface area contributed by atoms with E-state index >= 15 is 0 Å². The molecule has 2 fully saturated rings. The number of amides is 2. The third-order valence-corrected chi connectivity index (χ3v) is 9.92. The van der Waals surface area contributed by atoms with Gasteiger partial charge in [-0.05, 0) is 78.1 Å². The van der Waals surface area contributed by atoms with Gasteiger partial charge in [0.25, 0.3) is 15.9 Å². The van der Waals surface area contributed by atoms with Gasteiger partial charge >= 0.3 is 6.09 Å². The van der Waals surface area contributed by atoms with Crippen molar-refractivity contribution in [2.24, 2.45) is 0 Å². The summed E-state index contributed by atoms with van der Waals surface area (Å²) in [5.41, 5.74) is -1.66. The first kappa shape index (κ1) is 28.4. The third kappa shape index (κ3) is 5.87. The van der Waals surface area contributed by atoms with Crippen molar-refractivity contribution in [2.75, 3.05) is 13.2 Å².